The number of halogens is 3. The van der Waals surface area contributed by atoms with Crippen molar-refractivity contribution in [2.24, 2.45) is 4.99 Å². The summed E-state index contributed by atoms with van der Waals surface area (Å²) in [7, 11) is 0. The molecule has 3 aliphatic rings. The Kier molecular flexibility index (Phi) is 4.61. The number of benzene rings is 1. The van der Waals surface area contributed by atoms with E-state index in [4.69, 9.17) is 4.74 Å². The van der Waals surface area contributed by atoms with Gasteiger partial charge < -0.3 is 10.1 Å². The predicted molar refractivity (Wildman–Crippen MR) is 90.6 cm³/mol. The molecule has 0 radical (unpaired) electrons. The Morgan fingerprint density at radius 1 is 1.15 bits per heavy atom. The second kappa shape index (κ2) is 6.78. The van der Waals surface area contributed by atoms with Crippen LogP contribution < -0.4 is 5.32 Å². The summed E-state index contributed by atoms with van der Waals surface area (Å²) in [6, 6.07) is 3.85. The van der Waals surface area contributed by atoms with Crippen LogP contribution in [0, 0.1) is 0 Å². The molecule has 1 atom stereocenters. The van der Waals surface area contributed by atoms with Crippen molar-refractivity contribution in [2.45, 2.75) is 56.3 Å². The van der Waals surface area contributed by atoms with Crippen molar-refractivity contribution in [3.05, 3.63) is 34.9 Å². The van der Waals surface area contributed by atoms with Gasteiger partial charge in [0.2, 0.25) is 0 Å². The number of hydrogen-bond donors (Lipinski definition) is 1. The second-order valence-electron chi connectivity index (χ2n) is 7.32. The summed E-state index contributed by atoms with van der Waals surface area (Å²) in [4.78, 5) is 17.0. The van der Waals surface area contributed by atoms with E-state index in [-0.39, 0.29) is 24.1 Å². The smallest absolute Gasteiger partial charge is 0.375 e. The van der Waals surface area contributed by atoms with Crippen LogP contribution in [0.4, 0.5) is 13.2 Å². The number of carbonyl (C=O) groups is 1. The molecule has 2 aliphatic carbocycles. The van der Waals surface area contributed by atoms with Crippen molar-refractivity contribution < 1.29 is 22.7 Å². The fraction of sp³-hybridized carbons (Fsp3) is 0.579. The summed E-state index contributed by atoms with van der Waals surface area (Å²) in [5, 5.41) is 3.47. The first kappa shape index (κ1) is 17.7. The van der Waals surface area contributed by atoms with Crippen LogP contribution in [0.1, 0.15) is 59.5 Å². The standard InChI is InChI=1S/C19H21F3N2O2/c20-19(21,22)12-3-6-14(15(9-12)11-1-2-11)18(25)24-17-10-26-8-7-16(17)23-13-4-5-13/h3,6,9,11,13,16,23H,1-2,4-5,7-8,10H2/t16-/m1/s1. The largest absolute Gasteiger partial charge is 0.416 e. The number of aliphatic imine (C=N–C) groups is 1. The van der Waals surface area contributed by atoms with E-state index in [1.807, 2.05) is 0 Å². The number of nitrogens with zero attached hydrogens (tertiary/aromatic N) is 1. The molecule has 26 heavy (non-hydrogen) atoms. The first-order chi connectivity index (χ1) is 12.4. The average molecular weight is 366 g/mol. The lowest BCUT2D eigenvalue weighted by Gasteiger charge is -2.25. The average Bonchev–Trinajstić information content (AvgIpc) is 3.49. The van der Waals surface area contributed by atoms with Gasteiger partial charge in [0.15, 0.2) is 0 Å². The lowest BCUT2D eigenvalue weighted by Crippen LogP contribution is -2.44. The van der Waals surface area contributed by atoms with Crippen LogP contribution in [0.25, 0.3) is 0 Å². The van der Waals surface area contributed by atoms with Gasteiger partial charge in [-0.1, -0.05) is 0 Å². The second-order valence-corrected chi connectivity index (χ2v) is 7.32. The molecule has 1 aliphatic heterocycles. The Morgan fingerprint density at radius 2 is 1.92 bits per heavy atom. The molecule has 4 rings (SSSR count). The molecule has 1 amide bonds. The maximum atomic E-state index is 13.0. The molecule has 0 spiro atoms. The maximum absolute atomic E-state index is 13.0. The highest BCUT2D eigenvalue weighted by molar-refractivity contribution is 6.07. The molecule has 3 fully saturated rings. The number of carbonyl (C=O) groups excluding carboxylic acids is 1. The van der Waals surface area contributed by atoms with Gasteiger partial charge in [-0.25, -0.2) is 4.99 Å². The van der Waals surface area contributed by atoms with E-state index in [1.54, 1.807) is 0 Å². The molecule has 7 heteroatoms. The van der Waals surface area contributed by atoms with E-state index >= 15 is 0 Å². The highest BCUT2D eigenvalue weighted by Gasteiger charge is 2.35. The highest BCUT2D eigenvalue weighted by Crippen LogP contribution is 2.44. The molecule has 0 unspecified atom stereocenters. The molecular formula is C19H21F3N2O2. The maximum Gasteiger partial charge on any atom is 0.416 e. The first-order valence-corrected chi connectivity index (χ1v) is 9.08. The van der Waals surface area contributed by atoms with E-state index in [0.717, 1.165) is 44.2 Å². The predicted octanol–water partition coefficient (Wildman–Crippen LogP) is 3.70. The summed E-state index contributed by atoms with van der Waals surface area (Å²) < 4.78 is 44.4. The van der Waals surface area contributed by atoms with Gasteiger partial charge in [-0.05, 0) is 61.8 Å². The Balaban J connectivity index is 1.60. The Labute approximate surface area is 149 Å². The minimum Gasteiger partial charge on any atom is -0.375 e. The van der Waals surface area contributed by atoms with Crippen molar-refractivity contribution in [1.29, 1.82) is 0 Å². The fourth-order valence-corrected chi connectivity index (χ4v) is 3.33. The van der Waals surface area contributed by atoms with E-state index in [2.05, 4.69) is 10.3 Å². The molecule has 0 aromatic heterocycles. The van der Waals surface area contributed by atoms with Crippen LogP contribution in [0.2, 0.25) is 0 Å². The van der Waals surface area contributed by atoms with Crippen molar-refractivity contribution in [3.8, 4) is 0 Å². The van der Waals surface area contributed by atoms with Gasteiger partial charge >= 0.3 is 6.18 Å². The third kappa shape index (κ3) is 3.99. The van der Waals surface area contributed by atoms with Crippen LogP contribution >= 0.6 is 0 Å². The number of nitrogens with one attached hydrogen (secondary N) is 1. The minimum atomic E-state index is -4.41. The monoisotopic (exact) mass is 366 g/mol. The van der Waals surface area contributed by atoms with Crippen molar-refractivity contribution in [3.63, 3.8) is 0 Å². The topological polar surface area (TPSA) is 50.7 Å². The molecule has 2 saturated carbocycles. The van der Waals surface area contributed by atoms with Gasteiger partial charge in [0, 0.05) is 18.2 Å². The Morgan fingerprint density at radius 3 is 2.58 bits per heavy atom. The molecule has 4 nitrogen and oxygen atoms in total. The molecule has 1 aromatic rings. The third-order valence-corrected chi connectivity index (χ3v) is 5.09. The molecule has 1 heterocycles. The van der Waals surface area contributed by atoms with E-state index in [0.29, 0.717) is 23.9 Å². The van der Waals surface area contributed by atoms with Crippen LogP contribution in [0.5, 0.6) is 0 Å². The molecular weight excluding hydrogens is 345 g/mol. The zero-order valence-corrected chi connectivity index (χ0v) is 14.3. The normalized spacial score (nSPS) is 25.5. The third-order valence-electron chi connectivity index (χ3n) is 5.09. The van der Waals surface area contributed by atoms with Crippen LogP contribution in [0.3, 0.4) is 0 Å². The van der Waals surface area contributed by atoms with E-state index in [1.165, 1.54) is 6.07 Å². The lowest BCUT2D eigenvalue weighted by molar-refractivity contribution is -0.137. The highest BCUT2D eigenvalue weighted by atomic mass is 19.4. The Bertz CT molecular complexity index is 737. The SMILES string of the molecule is O=C(N=C1COCC[C@H]1NC1CC1)c1ccc(C(F)(F)F)cc1C1CC1. The zero-order valence-electron chi connectivity index (χ0n) is 14.3. The summed E-state index contributed by atoms with van der Waals surface area (Å²) in [6.07, 6.45) is 0.228. The Hall–Kier alpha value is -1.73. The van der Waals surface area contributed by atoms with Crippen molar-refractivity contribution in [2.75, 3.05) is 13.2 Å². The number of hydrogen-bond acceptors (Lipinski definition) is 3. The van der Waals surface area contributed by atoms with Crippen LogP contribution in [-0.4, -0.2) is 36.9 Å². The zero-order chi connectivity index (χ0) is 18.3. The molecule has 140 valence electrons. The number of rotatable bonds is 4. The van der Waals surface area contributed by atoms with Crippen molar-refractivity contribution in [1.82, 2.24) is 5.32 Å². The molecule has 1 saturated heterocycles. The number of amides is 1. The number of alkyl halides is 3. The van der Waals surface area contributed by atoms with Gasteiger partial charge in [0.25, 0.3) is 5.91 Å². The fourth-order valence-electron chi connectivity index (χ4n) is 3.33. The van der Waals surface area contributed by atoms with Gasteiger partial charge in [0.1, 0.15) is 0 Å². The first-order valence-electron chi connectivity index (χ1n) is 9.08. The summed E-state index contributed by atoms with van der Waals surface area (Å²) in [5.41, 5.74) is 0.689. The van der Waals surface area contributed by atoms with Gasteiger partial charge in [-0.2, -0.15) is 13.2 Å². The molecule has 1 N–H and O–H groups in total. The molecule has 1 aromatic carbocycles. The van der Waals surface area contributed by atoms with Gasteiger partial charge in [-0.15, -0.1) is 0 Å². The minimum absolute atomic E-state index is 0.0130. The molecule has 0 bridgehead atoms. The van der Waals surface area contributed by atoms with E-state index < -0.39 is 17.6 Å². The quantitative estimate of drug-likeness (QED) is 0.884. The lowest BCUT2D eigenvalue weighted by atomic mass is 9.99. The van der Waals surface area contributed by atoms with Crippen LogP contribution in [0.15, 0.2) is 23.2 Å². The van der Waals surface area contributed by atoms with Gasteiger partial charge in [-0.3, -0.25) is 4.79 Å². The summed E-state index contributed by atoms with van der Waals surface area (Å²) in [6.45, 7) is 0.903. The van der Waals surface area contributed by atoms with Gasteiger partial charge in [0.05, 0.1) is 23.9 Å². The van der Waals surface area contributed by atoms with Crippen LogP contribution in [-0.2, 0) is 10.9 Å². The van der Waals surface area contributed by atoms with Crippen molar-refractivity contribution >= 4 is 11.6 Å². The summed E-state index contributed by atoms with van der Waals surface area (Å²) >= 11 is 0. The summed E-state index contributed by atoms with van der Waals surface area (Å²) in [5.74, 6) is -0.442. The number of ether oxygens (including phenoxy) is 1. The van der Waals surface area contributed by atoms with E-state index in [9.17, 15) is 18.0 Å².